The molecule has 2 fully saturated rings. The second-order valence-corrected chi connectivity index (χ2v) is 9.82. The maximum absolute atomic E-state index is 13.0. The normalized spacial score (nSPS) is 27.2. The van der Waals surface area contributed by atoms with Crippen LogP contribution in [0.1, 0.15) is 87.0 Å². The molecule has 152 valence electrons. The van der Waals surface area contributed by atoms with Crippen molar-refractivity contribution in [2.45, 2.75) is 117 Å². The highest BCUT2D eigenvalue weighted by Gasteiger charge is 2.51. The molecule has 0 aromatic rings. The SMILES string of the molecule is CC(C)NCC1OC(C)(C)N(C(=O)OC(C)(C)C)C1CC1CCCCC1. The lowest BCUT2D eigenvalue weighted by Gasteiger charge is -2.37. The van der Waals surface area contributed by atoms with Crippen molar-refractivity contribution in [3.63, 3.8) is 0 Å². The molecular weight excluding hydrogens is 328 g/mol. The van der Waals surface area contributed by atoms with Gasteiger partial charge in [-0.2, -0.15) is 0 Å². The highest BCUT2D eigenvalue weighted by molar-refractivity contribution is 5.70. The number of carbonyl (C=O) groups excluding carboxylic acids is 1. The van der Waals surface area contributed by atoms with Crippen LogP contribution in [0.3, 0.4) is 0 Å². The van der Waals surface area contributed by atoms with E-state index in [9.17, 15) is 4.79 Å². The summed E-state index contributed by atoms with van der Waals surface area (Å²) in [5.41, 5.74) is -1.15. The summed E-state index contributed by atoms with van der Waals surface area (Å²) in [6, 6.07) is 0.460. The van der Waals surface area contributed by atoms with Crippen molar-refractivity contribution < 1.29 is 14.3 Å². The predicted octanol–water partition coefficient (Wildman–Crippen LogP) is 4.70. The smallest absolute Gasteiger partial charge is 0.412 e. The molecule has 1 N–H and O–H groups in total. The highest BCUT2D eigenvalue weighted by atomic mass is 16.6. The number of nitrogens with zero attached hydrogens (tertiary/aromatic N) is 1. The van der Waals surface area contributed by atoms with Crippen LogP contribution in [0.2, 0.25) is 0 Å². The van der Waals surface area contributed by atoms with Gasteiger partial charge >= 0.3 is 6.09 Å². The summed E-state index contributed by atoms with van der Waals surface area (Å²) >= 11 is 0. The molecule has 2 unspecified atom stereocenters. The van der Waals surface area contributed by atoms with Crippen molar-refractivity contribution in [2.24, 2.45) is 5.92 Å². The first-order valence-electron chi connectivity index (χ1n) is 10.4. The molecule has 0 radical (unpaired) electrons. The lowest BCUT2D eigenvalue weighted by Crippen LogP contribution is -2.51. The number of amides is 1. The fourth-order valence-electron chi connectivity index (χ4n) is 4.29. The number of hydrogen-bond donors (Lipinski definition) is 1. The number of nitrogens with one attached hydrogen (secondary N) is 1. The lowest BCUT2D eigenvalue weighted by atomic mass is 9.83. The summed E-state index contributed by atoms with van der Waals surface area (Å²) in [6.45, 7) is 14.8. The Labute approximate surface area is 160 Å². The summed E-state index contributed by atoms with van der Waals surface area (Å²) in [6.07, 6.45) is 7.25. The maximum Gasteiger partial charge on any atom is 0.412 e. The minimum Gasteiger partial charge on any atom is -0.444 e. The average molecular weight is 369 g/mol. The van der Waals surface area contributed by atoms with Crippen molar-refractivity contribution in [1.82, 2.24) is 10.2 Å². The fourth-order valence-corrected chi connectivity index (χ4v) is 4.29. The van der Waals surface area contributed by atoms with Crippen LogP contribution >= 0.6 is 0 Å². The number of ether oxygens (including phenoxy) is 2. The van der Waals surface area contributed by atoms with Gasteiger partial charge in [-0.25, -0.2) is 4.79 Å². The molecule has 2 aliphatic rings. The molecular formula is C21H40N2O3. The third kappa shape index (κ3) is 5.85. The zero-order valence-electron chi connectivity index (χ0n) is 17.9. The van der Waals surface area contributed by atoms with E-state index in [1.54, 1.807) is 0 Å². The van der Waals surface area contributed by atoms with Gasteiger partial charge in [-0.1, -0.05) is 46.0 Å². The first-order valence-corrected chi connectivity index (χ1v) is 10.4. The second kappa shape index (κ2) is 8.47. The van der Waals surface area contributed by atoms with E-state index in [2.05, 4.69) is 19.2 Å². The Hall–Kier alpha value is -0.810. The number of carbonyl (C=O) groups is 1. The van der Waals surface area contributed by atoms with Gasteiger partial charge in [-0.05, 0) is 47.0 Å². The van der Waals surface area contributed by atoms with E-state index in [1.165, 1.54) is 32.1 Å². The number of rotatable bonds is 5. The van der Waals surface area contributed by atoms with Crippen LogP contribution in [-0.2, 0) is 9.47 Å². The molecule has 26 heavy (non-hydrogen) atoms. The first-order chi connectivity index (χ1) is 12.0. The van der Waals surface area contributed by atoms with Crippen LogP contribution in [0.4, 0.5) is 4.79 Å². The van der Waals surface area contributed by atoms with Crippen molar-refractivity contribution in [3.8, 4) is 0 Å². The minimum absolute atomic E-state index is 0.00171. The van der Waals surface area contributed by atoms with Gasteiger partial charge in [0, 0.05) is 12.6 Å². The monoisotopic (exact) mass is 368 g/mol. The van der Waals surface area contributed by atoms with Crippen molar-refractivity contribution in [3.05, 3.63) is 0 Å². The van der Waals surface area contributed by atoms with Gasteiger partial charge in [0.2, 0.25) is 0 Å². The summed E-state index contributed by atoms with van der Waals surface area (Å²) in [4.78, 5) is 14.9. The molecule has 2 atom stereocenters. The van der Waals surface area contributed by atoms with Crippen LogP contribution in [0.15, 0.2) is 0 Å². The molecule has 0 aromatic carbocycles. The molecule has 2 rings (SSSR count). The molecule has 1 aliphatic carbocycles. The van der Waals surface area contributed by atoms with Crippen LogP contribution in [0.25, 0.3) is 0 Å². The number of hydrogen-bond acceptors (Lipinski definition) is 4. The molecule has 0 aromatic heterocycles. The Bertz CT molecular complexity index is 464. The van der Waals surface area contributed by atoms with E-state index in [-0.39, 0.29) is 18.2 Å². The Morgan fingerprint density at radius 2 is 1.85 bits per heavy atom. The second-order valence-electron chi connectivity index (χ2n) is 9.82. The standard InChI is InChI=1S/C21H40N2O3/c1-15(2)22-14-18-17(13-16-11-9-8-10-12-16)23(21(6,7)25-18)19(24)26-20(3,4)5/h15-18,22H,8-14H2,1-7H3. The van der Waals surface area contributed by atoms with E-state index in [1.807, 2.05) is 39.5 Å². The average Bonchev–Trinajstić information content (AvgIpc) is 2.74. The Morgan fingerprint density at radius 1 is 1.23 bits per heavy atom. The highest BCUT2D eigenvalue weighted by Crippen LogP contribution is 2.39. The molecule has 1 saturated heterocycles. The molecule has 5 nitrogen and oxygen atoms in total. The van der Waals surface area contributed by atoms with Gasteiger partial charge in [-0.3, -0.25) is 4.90 Å². The lowest BCUT2D eigenvalue weighted by molar-refractivity contribution is -0.0785. The third-order valence-electron chi connectivity index (χ3n) is 5.40. The third-order valence-corrected chi connectivity index (χ3v) is 5.40. The molecule has 5 heteroatoms. The van der Waals surface area contributed by atoms with Gasteiger partial charge in [0.1, 0.15) is 11.3 Å². The molecule has 1 aliphatic heterocycles. The molecule has 0 bridgehead atoms. The van der Waals surface area contributed by atoms with E-state index >= 15 is 0 Å². The van der Waals surface area contributed by atoms with E-state index < -0.39 is 11.3 Å². The predicted molar refractivity (Wildman–Crippen MR) is 105 cm³/mol. The van der Waals surface area contributed by atoms with Gasteiger partial charge in [0.15, 0.2) is 0 Å². The zero-order chi connectivity index (χ0) is 19.5. The Kier molecular flexibility index (Phi) is 7.00. The van der Waals surface area contributed by atoms with Crippen molar-refractivity contribution in [1.29, 1.82) is 0 Å². The van der Waals surface area contributed by atoms with Gasteiger partial charge < -0.3 is 14.8 Å². The maximum atomic E-state index is 13.0. The molecule has 1 amide bonds. The van der Waals surface area contributed by atoms with Crippen molar-refractivity contribution >= 4 is 6.09 Å². The summed E-state index contributed by atoms with van der Waals surface area (Å²) < 4.78 is 12.1. The fraction of sp³-hybridized carbons (Fsp3) is 0.952. The van der Waals surface area contributed by atoms with Gasteiger partial charge in [0.25, 0.3) is 0 Å². The quantitative estimate of drug-likeness (QED) is 0.764. The Balaban J connectivity index is 2.19. The molecule has 1 heterocycles. The molecule has 1 saturated carbocycles. The Morgan fingerprint density at radius 3 is 2.38 bits per heavy atom. The summed E-state index contributed by atoms with van der Waals surface area (Å²) in [5.74, 6) is 0.678. The van der Waals surface area contributed by atoms with E-state index in [0.717, 1.165) is 13.0 Å². The zero-order valence-corrected chi connectivity index (χ0v) is 17.9. The van der Waals surface area contributed by atoms with Gasteiger partial charge in [0.05, 0.1) is 12.1 Å². The minimum atomic E-state index is -0.648. The summed E-state index contributed by atoms with van der Waals surface area (Å²) in [5, 5.41) is 3.50. The van der Waals surface area contributed by atoms with Crippen LogP contribution in [0, 0.1) is 5.92 Å². The van der Waals surface area contributed by atoms with E-state index in [0.29, 0.717) is 12.0 Å². The first kappa shape index (κ1) is 21.5. The van der Waals surface area contributed by atoms with Crippen molar-refractivity contribution in [2.75, 3.05) is 6.54 Å². The summed E-state index contributed by atoms with van der Waals surface area (Å²) in [7, 11) is 0. The largest absolute Gasteiger partial charge is 0.444 e. The topological polar surface area (TPSA) is 50.8 Å². The van der Waals surface area contributed by atoms with E-state index in [4.69, 9.17) is 9.47 Å². The van der Waals surface area contributed by atoms with Crippen LogP contribution < -0.4 is 5.32 Å². The van der Waals surface area contributed by atoms with Crippen LogP contribution in [0.5, 0.6) is 0 Å². The van der Waals surface area contributed by atoms with Gasteiger partial charge in [-0.15, -0.1) is 0 Å². The van der Waals surface area contributed by atoms with Crippen LogP contribution in [-0.4, -0.2) is 47.1 Å². The molecule has 0 spiro atoms.